The minimum Gasteiger partial charge on any atom is -0.496 e. The second kappa shape index (κ2) is 5.92. The quantitative estimate of drug-likeness (QED) is 0.617. The number of methoxy groups -OCH3 is 1. The summed E-state index contributed by atoms with van der Waals surface area (Å²) in [5.41, 5.74) is 2.30. The van der Waals surface area contributed by atoms with E-state index in [9.17, 15) is 10.1 Å². The van der Waals surface area contributed by atoms with Gasteiger partial charge in [0.15, 0.2) is 0 Å². The highest BCUT2D eigenvalue weighted by Crippen LogP contribution is 2.34. The van der Waals surface area contributed by atoms with Gasteiger partial charge in [-0.2, -0.15) is 0 Å². The third-order valence-corrected chi connectivity index (χ3v) is 4.19. The van der Waals surface area contributed by atoms with E-state index in [1.807, 2.05) is 23.1 Å². The largest absolute Gasteiger partial charge is 0.496 e. The zero-order chi connectivity index (χ0) is 15.7. The highest BCUT2D eigenvalue weighted by molar-refractivity contribution is 9.10. The number of benzene rings is 1. The van der Waals surface area contributed by atoms with Crippen molar-refractivity contribution in [2.45, 2.75) is 13.0 Å². The van der Waals surface area contributed by atoms with Crippen LogP contribution in [0.15, 0.2) is 34.9 Å². The molecule has 22 heavy (non-hydrogen) atoms. The molecule has 0 aliphatic carbocycles. The normalized spacial score (nSPS) is 13.6. The number of nitro groups is 1. The van der Waals surface area contributed by atoms with Gasteiger partial charge in [-0.05, 0) is 34.0 Å². The Morgan fingerprint density at radius 2 is 2.27 bits per heavy atom. The van der Waals surface area contributed by atoms with Crippen LogP contribution < -0.4 is 9.64 Å². The van der Waals surface area contributed by atoms with Crippen molar-refractivity contribution >= 4 is 27.4 Å². The molecular weight excluding hydrogens is 350 g/mol. The first-order chi connectivity index (χ1) is 10.6. The number of halogens is 1. The number of pyridine rings is 1. The van der Waals surface area contributed by atoms with Gasteiger partial charge in [0.25, 0.3) is 0 Å². The van der Waals surface area contributed by atoms with Gasteiger partial charge in [-0.1, -0.05) is 12.1 Å². The lowest BCUT2D eigenvalue weighted by atomic mass is 9.98. The van der Waals surface area contributed by atoms with E-state index in [2.05, 4.69) is 20.9 Å². The Morgan fingerprint density at radius 1 is 1.45 bits per heavy atom. The molecule has 6 nitrogen and oxygen atoms in total. The molecule has 7 heteroatoms. The molecule has 2 aromatic rings. The van der Waals surface area contributed by atoms with E-state index in [-0.39, 0.29) is 5.69 Å². The minimum absolute atomic E-state index is 0.0146. The molecular formula is C15H14BrN3O3. The molecule has 0 fully saturated rings. The van der Waals surface area contributed by atoms with Crippen molar-refractivity contribution in [1.82, 2.24) is 4.98 Å². The fourth-order valence-corrected chi connectivity index (χ4v) is 3.07. The Morgan fingerprint density at radius 3 is 3.00 bits per heavy atom. The highest BCUT2D eigenvalue weighted by Gasteiger charge is 2.26. The number of ether oxygens (including phenoxy) is 1. The van der Waals surface area contributed by atoms with Crippen molar-refractivity contribution < 1.29 is 9.66 Å². The molecule has 1 aliphatic heterocycles. The fraction of sp³-hybridized carbons (Fsp3) is 0.267. The van der Waals surface area contributed by atoms with Gasteiger partial charge in [0.1, 0.15) is 5.75 Å². The SMILES string of the molecule is COc1cccc2c1CCN(c1ncc(Br)cc1[N+](=O)[O-])C2. The van der Waals surface area contributed by atoms with Gasteiger partial charge < -0.3 is 9.64 Å². The second-order valence-electron chi connectivity index (χ2n) is 5.02. The average Bonchev–Trinajstić information content (AvgIpc) is 2.53. The third kappa shape index (κ3) is 2.64. The smallest absolute Gasteiger partial charge is 0.312 e. The standard InChI is InChI=1S/C15H14BrN3O3/c1-22-14-4-2-3-10-9-18(6-5-12(10)14)15-13(19(20)21)7-11(16)8-17-15/h2-4,7-8H,5-6,9H2,1H3. The van der Waals surface area contributed by atoms with Crippen molar-refractivity contribution in [2.24, 2.45) is 0 Å². The van der Waals surface area contributed by atoms with E-state index in [1.54, 1.807) is 13.3 Å². The number of aromatic nitrogens is 1. The van der Waals surface area contributed by atoms with Crippen LogP contribution in [0, 0.1) is 10.1 Å². The molecule has 0 bridgehead atoms. The Labute approximate surface area is 136 Å². The first kappa shape index (κ1) is 14.8. The molecule has 0 N–H and O–H groups in total. The lowest BCUT2D eigenvalue weighted by molar-refractivity contribution is -0.384. The molecule has 3 rings (SSSR count). The molecule has 0 saturated carbocycles. The monoisotopic (exact) mass is 363 g/mol. The van der Waals surface area contributed by atoms with Crippen molar-refractivity contribution in [3.8, 4) is 5.75 Å². The van der Waals surface area contributed by atoms with Gasteiger partial charge in [-0.15, -0.1) is 0 Å². The van der Waals surface area contributed by atoms with Gasteiger partial charge in [0.2, 0.25) is 5.82 Å². The number of hydrogen-bond acceptors (Lipinski definition) is 5. The van der Waals surface area contributed by atoms with E-state index < -0.39 is 4.92 Å². The minimum atomic E-state index is -0.395. The number of anilines is 1. The molecule has 114 valence electrons. The number of hydrogen-bond donors (Lipinski definition) is 0. The summed E-state index contributed by atoms with van der Waals surface area (Å²) in [6.45, 7) is 1.25. The van der Waals surface area contributed by atoms with E-state index in [1.165, 1.54) is 11.6 Å². The first-order valence-electron chi connectivity index (χ1n) is 6.80. The summed E-state index contributed by atoms with van der Waals surface area (Å²) >= 11 is 3.23. The van der Waals surface area contributed by atoms with Crippen LogP contribution in [0.1, 0.15) is 11.1 Å². The number of rotatable bonds is 3. The summed E-state index contributed by atoms with van der Waals surface area (Å²) in [6, 6.07) is 7.39. The fourth-order valence-electron chi connectivity index (χ4n) is 2.75. The lowest BCUT2D eigenvalue weighted by Crippen LogP contribution is -2.31. The summed E-state index contributed by atoms with van der Waals surface area (Å²) in [5.74, 6) is 1.28. The van der Waals surface area contributed by atoms with Crippen LogP contribution >= 0.6 is 15.9 Å². The number of nitrogens with zero attached hydrogens (tertiary/aromatic N) is 3. The third-order valence-electron chi connectivity index (χ3n) is 3.75. The summed E-state index contributed by atoms with van der Waals surface area (Å²) < 4.78 is 5.98. The molecule has 1 aromatic heterocycles. The van der Waals surface area contributed by atoms with E-state index in [0.717, 1.165) is 17.7 Å². The van der Waals surface area contributed by atoms with E-state index in [4.69, 9.17) is 4.74 Å². The van der Waals surface area contributed by atoms with Crippen LogP contribution in [0.4, 0.5) is 11.5 Å². The van der Waals surface area contributed by atoms with Crippen LogP contribution in [0.25, 0.3) is 0 Å². The Balaban J connectivity index is 1.97. The van der Waals surface area contributed by atoms with Crippen LogP contribution in [-0.2, 0) is 13.0 Å². The van der Waals surface area contributed by atoms with Gasteiger partial charge in [0, 0.05) is 35.4 Å². The van der Waals surface area contributed by atoms with Crippen molar-refractivity contribution in [1.29, 1.82) is 0 Å². The average molecular weight is 364 g/mol. The summed E-state index contributed by atoms with van der Waals surface area (Å²) in [4.78, 5) is 17.0. The van der Waals surface area contributed by atoms with Crippen LogP contribution in [0.5, 0.6) is 5.75 Å². The summed E-state index contributed by atoms with van der Waals surface area (Å²) in [5, 5.41) is 11.3. The molecule has 0 unspecified atom stereocenters. The molecule has 0 atom stereocenters. The Hall–Kier alpha value is -2.15. The topological polar surface area (TPSA) is 68.5 Å². The molecule has 0 spiro atoms. The van der Waals surface area contributed by atoms with Gasteiger partial charge in [-0.3, -0.25) is 10.1 Å². The molecule has 2 heterocycles. The molecule has 0 radical (unpaired) electrons. The predicted octanol–water partition coefficient (Wildman–Crippen LogP) is 3.32. The molecule has 1 aliphatic rings. The maximum absolute atomic E-state index is 11.3. The maximum atomic E-state index is 11.3. The zero-order valence-electron chi connectivity index (χ0n) is 12.0. The zero-order valence-corrected chi connectivity index (χ0v) is 13.5. The van der Waals surface area contributed by atoms with Gasteiger partial charge in [-0.25, -0.2) is 4.98 Å². The van der Waals surface area contributed by atoms with E-state index in [0.29, 0.717) is 23.4 Å². The van der Waals surface area contributed by atoms with Crippen molar-refractivity contribution in [2.75, 3.05) is 18.6 Å². The first-order valence-corrected chi connectivity index (χ1v) is 7.59. The van der Waals surface area contributed by atoms with Crippen LogP contribution in [-0.4, -0.2) is 23.6 Å². The van der Waals surface area contributed by atoms with Crippen molar-refractivity contribution in [3.63, 3.8) is 0 Å². The maximum Gasteiger partial charge on any atom is 0.312 e. The van der Waals surface area contributed by atoms with Gasteiger partial charge in [0.05, 0.1) is 12.0 Å². The summed E-state index contributed by atoms with van der Waals surface area (Å²) in [7, 11) is 1.66. The van der Waals surface area contributed by atoms with Gasteiger partial charge >= 0.3 is 5.69 Å². The molecule has 0 saturated heterocycles. The van der Waals surface area contributed by atoms with Crippen LogP contribution in [0.3, 0.4) is 0 Å². The van der Waals surface area contributed by atoms with E-state index >= 15 is 0 Å². The Kier molecular flexibility index (Phi) is 3.98. The predicted molar refractivity (Wildman–Crippen MR) is 86.3 cm³/mol. The van der Waals surface area contributed by atoms with Crippen LogP contribution in [0.2, 0.25) is 0 Å². The number of fused-ring (bicyclic) bond motifs is 1. The Bertz CT molecular complexity index is 736. The lowest BCUT2D eigenvalue weighted by Gasteiger charge is -2.30. The molecule has 1 aromatic carbocycles. The highest BCUT2D eigenvalue weighted by atomic mass is 79.9. The summed E-state index contributed by atoms with van der Waals surface area (Å²) in [6.07, 6.45) is 2.36. The molecule has 0 amide bonds. The second-order valence-corrected chi connectivity index (χ2v) is 5.94. The van der Waals surface area contributed by atoms with Crippen molar-refractivity contribution in [3.05, 3.63) is 56.2 Å².